The molecule has 0 aliphatic rings. The van der Waals surface area contributed by atoms with Crippen molar-refractivity contribution < 1.29 is 18.3 Å². The van der Waals surface area contributed by atoms with Crippen LogP contribution in [0.15, 0.2) is 52.7 Å². The molecule has 0 bridgehead atoms. The maximum atomic E-state index is 12.0. The van der Waals surface area contributed by atoms with Crippen LogP contribution in [-0.2, 0) is 21.4 Å². The summed E-state index contributed by atoms with van der Waals surface area (Å²) >= 11 is 1.37. The number of carbonyl (C=O) groups is 1. The Labute approximate surface area is 126 Å². The van der Waals surface area contributed by atoms with Crippen LogP contribution in [0.25, 0.3) is 6.08 Å². The summed E-state index contributed by atoms with van der Waals surface area (Å²) in [6, 6.07) is 9.87. The zero-order valence-corrected chi connectivity index (χ0v) is 12.5. The van der Waals surface area contributed by atoms with Crippen molar-refractivity contribution in [1.29, 1.82) is 0 Å². The molecule has 21 heavy (non-hydrogen) atoms. The van der Waals surface area contributed by atoms with Gasteiger partial charge in [-0.25, -0.2) is 17.9 Å². The van der Waals surface area contributed by atoms with E-state index in [2.05, 4.69) is 4.72 Å². The molecule has 0 aliphatic carbocycles. The maximum Gasteiger partial charge on any atom is 0.328 e. The van der Waals surface area contributed by atoms with Gasteiger partial charge < -0.3 is 5.11 Å². The number of hydrogen-bond donors (Lipinski definition) is 2. The number of benzene rings is 1. The molecule has 2 aromatic rings. The van der Waals surface area contributed by atoms with E-state index in [4.69, 9.17) is 5.11 Å². The molecule has 0 unspecified atom stereocenters. The van der Waals surface area contributed by atoms with Crippen LogP contribution in [0.4, 0.5) is 0 Å². The molecular formula is C14H13NO4S2. The lowest BCUT2D eigenvalue weighted by molar-refractivity contribution is -0.131. The van der Waals surface area contributed by atoms with Crippen LogP contribution in [0.1, 0.15) is 10.4 Å². The molecule has 110 valence electrons. The minimum Gasteiger partial charge on any atom is -0.478 e. The number of rotatable bonds is 6. The lowest BCUT2D eigenvalue weighted by Gasteiger charge is -2.04. The third kappa shape index (κ3) is 4.52. The summed E-state index contributed by atoms with van der Waals surface area (Å²) < 4.78 is 26.6. The number of carboxylic acids is 1. The quantitative estimate of drug-likeness (QED) is 0.799. The van der Waals surface area contributed by atoms with Gasteiger partial charge >= 0.3 is 5.97 Å². The van der Waals surface area contributed by atoms with Gasteiger partial charge in [-0.15, -0.1) is 11.3 Å². The number of aliphatic carboxylic acids is 1. The Bertz CT molecular complexity index is 748. The fraction of sp³-hybridized carbons (Fsp3) is 0.0714. The van der Waals surface area contributed by atoms with E-state index in [9.17, 15) is 13.2 Å². The van der Waals surface area contributed by atoms with E-state index in [0.29, 0.717) is 0 Å². The summed E-state index contributed by atoms with van der Waals surface area (Å²) in [5, 5.41) is 10.3. The average molecular weight is 323 g/mol. The first-order valence-corrected chi connectivity index (χ1v) is 8.37. The van der Waals surface area contributed by atoms with Crippen molar-refractivity contribution in [1.82, 2.24) is 4.72 Å². The highest BCUT2D eigenvalue weighted by Crippen LogP contribution is 2.17. The Kier molecular flexibility index (Phi) is 4.89. The van der Waals surface area contributed by atoms with Crippen molar-refractivity contribution in [3.05, 3.63) is 58.3 Å². The van der Waals surface area contributed by atoms with E-state index in [1.807, 2.05) is 0 Å². The minimum atomic E-state index is -3.53. The molecule has 2 N–H and O–H groups in total. The molecule has 1 aromatic carbocycles. The predicted molar refractivity (Wildman–Crippen MR) is 81.5 cm³/mol. The largest absolute Gasteiger partial charge is 0.478 e. The van der Waals surface area contributed by atoms with Crippen molar-refractivity contribution in [2.24, 2.45) is 0 Å². The van der Waals surface area contributed by atoms with Crippen LogP contribution < -0.4 is 4.72 Å². The van der Waals surface area contributed by atoms with Crippen LogP contribution in [0.5, 0.6) is 0 Å². The Morgan fingerprint density at radius 3 is 2.67 bits per heavy atom. The number of nitrogens with one attached hydrogen (secondary N) is 1. The zero-order valence-electron chi connectivity index (χ0n) is 10.9. The molecule has 1 heterocycles. The van der Waals surface area contributed by atoms with E-state index in [0.717, 1.165) is 16.5 Å². The van der Waals surface area contributed by atoms with Gasteiger partial charge in [0, 0.05) is 17.5 Å². The van der Waals surface area contributed by atoms with Crippen LogP contribution >= 0.6 is 11.3 Å². The summed E-state index contributed by atoms with van der Waals surface area (Å²) in [4.78, 5) is 11.4. The lowest BCUT2D eigenvalue weighted by Crippen LogP contribution is -2.22. The summed E-state index contributed by atoms with van der Waals surface area (Å²) in [6.07, 6.45) is 2.51. The van der Waals surface area contributed by atoms with Gasteiger partial charge in [-0.1, -0.05) is 18.2 Å². The van der Waals surface area contributed by atoms with Crippen molar-refractivity contribution in [2.45, 2.75) is 11.4 Å². The smallest absolute Gasteiger partial charge is 0.328 e. The Hall–Kier alpha value is -1.96. The number of sulfonamides is 1. The van der Waals surface area contributed by atoms with Gasteiger partial charge in [0.2, 0.25) is 10.0 Å². The topological polar surface area (TPSA) is 83.5 Å². The highest BCUT2D eigenvalue weighted by molar-refractivity contribution is 7.89. The second-order valence-electron chi connectivity index (χ2n) is 4.16. The Morgan fingerprint density at radius 1 is 1.29 bits per heavy atom. The molecule has 0 spiro atoms. The normalized spacial score (nSPS) is 11.8. The van der Waals surface area contributed by atoms with Gasteiger partial charge in [0.15, 0.2) is 0 Å². The van der Waals surface area contributed by atoms with E-state index in [-0.39, 0.29) is 11.4 Å². The average Bonchev–Trinajstić information content (AvgIpc) is 2.92. The van der Waals surface area contributed by atoms with E-state index >= 15 is 0 Å². The van der Waals surface area contributed by atoms with Gasteiger partial charge in [-0.3, -0.25) is 0 Å². The number of thiophene rings is 1. The SMILES string of the molecule is O=C(O)C=Cc1csc(CNS(=O)(=O)c2ccccc2)c1. The monoisotopic (exact) mass is 323 g/mol. The summed E-state index contributed by atoms with van der Waals surface area (Å²) in [7, 11) is -3.53. The molecule has 0 aliphatic heterocycles. The summed E-state index contributed by atoms with van der Waals surface area (Å²) in [5.41, 5.74) is 0.733. The third-order valence-electron chi connectivity index (χ3n) is 2.58. The molecule has 0 amide bonds. The highest BCUT2D eigenvalue weighted by atomic mass is 32.2. The van der Waals surface area contributed by atoms with Gasteiger partial charge in [-0.05, 0) is 35.2 Å². The van der Waals surface area contributed by atoms with Gasteiger partial charge in [-0.2, -0.15) is 0 Å². The van der Waals surface area contributed by atoms with Crippen molar-refractivity contribution in [2.75, 3.05) is 0 Å². The fourth-order valence-corrected chi connectivity index (χ4v) is 3.51. The van der Waals surface area contributed by atoms with Crippen LogP contribution in [-0.4, -0.2) is 19.5 Å². The van der Waals surface area contributed by atoms with Gasteiger partial charge in [0.05, 0.1) is 4.90 Å². The molecule has 7 heteroatoms. The van der Waals surface area contributed by atoms with Gasteiger partial charge in [0.25, 0.3) is 0 Å². The fourth-order valence-electron chi connectivity index (χ4n) is 1.59. The zero-order chi connectivity index (χ0) is 15.3. The van der Waals surface area contributed by atoms with Crippen molar-refractivity contribution >= 4 is 33.4 Å². The van der Waals surface area contributed by atoms with Crippen LogP contribution in [0, 0.1) is 0 Å². The van der Waals surface area contributed by atoms with Crippen LogP contribution in [0.2, 0.25) is 0 Å². The molecule has 2 rings (SSSR count). The van der Waals surface area contributed by atoms with Crippen molar-refractivity contribution in [3.8, 4) is 0 Å². The minimum absolute atomic E-state index is 0.169. The highest BCUT2D eigenvalue weighted by Gasteiger charge is 2.13. The second kappa shape index (κ2) is 6.66. The van der Waals surface area contributed by atoms with Crippen molar-refractivity contribution in [3.63, 3.8) is 0 Å². The maximum absolute atomic E-state index is 12.0. The predicted octanol–water partition coefficient (Wildman–Crippen LogP) is 2.32. The number of carboxylic acid groups (broad SMARTS) is 1. The molecule has 0 radical (unpaired) electrons. The third-order valence-corrected chi connectivity index (χ3v) is 4.95. The number of hydrogen-bond acceptors (Lipinski definition) is 4. The first kappa shape index (κ1) is 15.4. The van der Waals surface area contributed by atoms with E-state index in [1.54, 1.807) is 29.6 Å². The Balaban J connectivity index is 2.02. The molecule has 0 saturated carbocycles. The van der Waals surface area contributed by atoms with Crippen LogP contribution in [0.3, 0.4) is 0 Å². The Morgan fingerprint density at radius 2 is 2.00 bits per heavy atom. The second-order valence-corrected chi connectivity index (χ2v) is 6.92. The molecule has 0 saturated heterocycles. The van der Waals surface area contributed by atoms with Gasteiger partial charge in [0.1, 0.15) is 0 Å². The summed E-state index contributed by atoms with van der Waals surface area (Å²) in [5.74, 6) is -1.02. The lowest BCUT2D eigenvalue weighted by atomic mass is 10.3. The standard InChI is InChI=1S/C14H13NO4S2/c16-14(17)7-6-11-8-12(20-10-11)9-15-21(18,19)13-4-2-1-3-5-13/h1-8,10,15H,9H2,(H,16,17). The van der Waals surface area contributed by atoms with E-state index < -0.39 is 16.0 Å². The molecule has 5 nitrogen and oxygen atoms in total. The molecule has 0 atom stereocenters. The first-order valence-electron chi connectivity index (χ1n) is 6.00. The molecule has 0 fully saturated rings. The first-order chi connectivity index (χ1) is 9.97. The molecular weight excluding hydrogens is 310 g/mol. The summed E-state index contributed by atoms with van der Waals surface area (Å²) in [6.45, 7) is 0.169. The molecule has 1 aromatic heterocycles. The van der Waals surface area contributed by atoms with E-state index in [1.165, 1.54) is 29.5 Å².